The van der Waals surface area contributed by atoms with Gasteiger partial charge in [0.15, 0.2) is 12.4 Å². The summed E-state index contributed by atoms with van der Waals surface area (Å²) in [6.07, 6.45) is 1.38. The van der Waals surface area contributed by atoms with Crippen molar-refractivity contribution in [2.24, 2.45) is 5.92 Å². The summed E-state index contributed by atoms with van der Waals surface area (Å²) in [5.41, 5.74) is 0.353. The van der Waals surface area contributed by atoms with Crippen molar-refractivity contribution in [1.82, 2.24) is 21.0 Å². The minimum Gasteiger partial charge on any atom is -0.481 e. The summed E-state index contributed by atoms with van der Waals surface area (Å²) in [7, 11) is 0. The van der Waals surface area contributed by atoms with Crippen LogP contribution in [0.1, 0.15) is 73.3 Å². The monoisotopic (exact) mass is 781 g/mol. The van der Waals surface area contributed by atoms with Crippen LogP contribution >= 0.6 is 0 Å². The van der Waals surface area contributed by atoms with Crippen LogP contribution in [-0.4, -0.2) is 93.9 Å². The standard InChI is InChI=1S/C37H43N5O14/c1-3-5-7-12-24(27(4-2)42(21-43)56-37(53)40-23-10-8-6-9-11-23)33(48)38-20-39-35(50)29-16-15-28(55-29)22-13-14-25(30(17-22)54-19-32(46)47)34(49)41-26(36(51)52)18-31(44)45/h6,8-11,13-17,21,24,26-27H,3-5,7,12,18-20H2,1-2H3,(H,38,48)(H,39,50)(H,40,53)(H,41,49)(H,44,45)(H,46,47)(H,51,52). The predicted molar refractivity (Wildman–Crippen MR) is 195 cm³/mol. The number of carbonyl (C=O) groups is 8. The quantitative estimate of drug-likeness (QED) is 0.0314. The van der Waals surface area contributed by atoms with Crippen molar-refractivity contribution in [2.75, 3.05) is 18.6 Å². The molecule has 0 fully saturated rings. The first-order chi connectivity index (χ1) is 26.8. The van der Waals surface area contributed by atoms with Gasteiger partial charge in [0.05, 0.1) is 30.6 Å². The fourth-order valence-corrected chi connectivity index (χ4v) is 5.46. The lowest BCUT2D eigenvalue weighted by Crippen LogP contribution is -2.49. The van der Waals surface area contributed by atoms with E-state index in [0.717, 1.165) is 17.9 Å². The van der Waals surface area contributed by atoms with Gasteiger partial charge in [-0.3, -0.25) is 29.3 Å². The molecule has 2 aromatic carbocycles. The maximum absolute atomic E-state index is 13.5. The van der Waals surface area contributed by atoms with Gasteiger partial charge in [-0.15, -0.1) is 0 Å². The molecule has 0 radical (unpaired) electrons. The number of para-hydroxylation sites is 1. The molecule has 3 aromatic rings. The summed E-state index contributed by atoms with van der Waals surface area (Å²) in [6.45, 7) is 2.49. The molecule has 0 spiro atoms. The Balaban J connectivity index is 1.70. The van der Waals surface area contributed by atoms with Crippen LogP contribution in [0.25, 0.3) is 11.3 Å². The Kier molecular flexibility index (Phi) is 16.8. The summed E-state index contributed by atoms with van der Waals surface area (Å²) in [5.74, 6) is -8.02. The van der Waals surface area contributed by atoms with Crippen LogP contribution in [-0.2, 0) is 28.8 Å². The van der Waals surface area contributed by atoms with Crippen molar-refractivity contribution in [3.05, 3.63) is 72.0 Å². The van der Waals surface area contributed by atoms with Crippen molar-refractivity contribution < 1.29 is 67.7 Å². The molecule has 0 aliphatic carbocycles. The second-order valence-corrected chi connectivity index (χ2v) is 12.2. The zero-order chi connectivity index (χ0) is 41.2. The fourth-order valence-electron chi connectivity index (χ4n) is 5.46. The highest BCUT2D eigenvalue weighted by molar-refractivity contribution is 6.00. The van der Waals surface area contributed by atoms with Crippen molar-refractivity contribution in [3.8, 4) is 17.1 Å². The number of anilines is 1. The Bertz CT molecular complexity index is 1860. The smallest absolute Gasteiger partial charge is 0.436 e. The molecule has 19 heteroatoms. The molecule has 5 amide bonds. The van der Waals surface area contributed by atoms with E-state index >= 15 is 0 Å². The lowest BCUT2D eigenvalue weighted by atomic mass is 9.90. The Morgan fingerprint density at radius 1 is 0.875 bits per heavy atom. The minimum absolute atomic E-state index is 0.0765. The van der Waals surface area contributed by atoms with E-state index in [2.05, 4.69) is 21.3 Å². The van der Waals surface area contributed by atoms with Gasteiger partial charge in [-0.2, -0.15) is 5.06 Å². The highest BCUT2D eigenvalue weighted by Crippen LogP contribution is 2.29. The second-order valence-electron chi connectivity index (χ2n) is 12.2. The molecule has 1 aromatic heterocycles. The second kappa shape index (κ2) is 21.7. The molecule has 3 atom stereocenters. The van der Waals surface area contributed by atoms with Gasteiger partial charge in [-0.1, -0.05) is 57.4 Å². The number of hydrogen-bond acceptors (Lipinski definition) is 11. The SMILES string of the molecule is CCCCCC(C(=O)NCNC(=O)c1ccc(-c2ccc(C(=O)NC(CC(=O)O)C(=O)O)c(OCC(=O)O)c2)o1)C(CC)N(C=O)OC(=O)Nc1ccccc1. The molecule has 7 N–H and O–H groups in total. The van der Waals surface area contributed by atoms with E-state index in [1.54, 1.807) is 37.3 Å². The van der Waals surface area contributed by atoms with Crippen LogP contribution in [0.2, 0.25) is 0 Å². The topological polar surface area (TPSA) is 280 Å². The maximum atomic E-state index is 13.5. The van der Waals surface area contributed by atoms with Gasteiger partial charge in [0.25, 0.3) is 11.8 Å². The summed E-state index contributed by atoms with van der Waals surface area (Å²) in [6, 6.07) is 12.3. The first-order valence-corrected chi connectivity index (χ1v) is 17.5. The lowest BCUT2D eigenvalue weighted by Gasteiger charge is -2.31. The maximum Gasteiger partial charge on any atom is 0.436 e. The number of hydroxylamine groups is 2. The van der Waals surface area contributed by atoms with Crippen molar-refractivity contribution in [3.63, 3.8) is 0 Å². The van der Waals surface area contributed by atoms with Gasteiger partial charge >= 0.3 is 24.0 Å². The van der Waals surface area contributed by atoms with Crippen LogP contribution in [0, 0.1) is 5.92 Å². The van der Waals surface area contributed by atoms with Crippen LogP contribution in [0.5, 0.6) is 5.75 Å². The number of benzene rings is 2. The number of carboxylic acid groups (broad SMARTS) is 3. The number of nitrogens with one attached hydrogen (secondary N) is 4. The van der Waals surface area contributed by atoms with Crippen molar-refractivity contribution in [1.29, 1.82) is 0 Å². The molecule has 0 saturated carbocycles. The number of carbonyl (C=O) groups excluding carboxylic acids is 5. The zero-order valence-electron chi connectivity index (χ0n) is 30.5. The van der Waals surface area contributed by atoms with E-state index < -0.39 is 72.8 Å². The molecule has 19 nitrogen and oxygen atoms in total. The molecule has 300 valence electrons. The number of amides is 5. The third kappa shape index (κ3) is 13.2. The minimum atomic E-state index is -1.79. The average Bonchev–Trinajstić information content (AvgIpc) is 3.66. The van der Waals surface area contributed by atoms with Crippen LogP contribution < -0.4 is 26.0 Å². The molecule has 1 heterocycles. The Morgan fingerprint density at radius 2 is 1.61 bits per heavy atom. The van der Waals surface area contributed by atoms with Crippen LogP contribution in [0.4, 0.5) is 10.5 Å². The molecule has 0 aliphatic heterocycles. The van der Waals surface area contributed by atoms with Gasteiger partial charge in [0, 0.05) is 11.3 Å². The number of hydrogen-bond donors (Lipinski definition) is 7. The van der Waals surface area contributed by atoms with E-state index in [-0.39, 0.29) is 41.5 Å². The normalized spacial score (nSPS) is 12.2. The fraction of sp³-hybridized carbons (Fsp3) is 0.351. The number of nitrogens with zero attached hydrogens (tertiary/aromatic N) is 1. The number of furan rings is 1. The first-order valence-electron chi connectivity index (χ1n) is 17.5. The zero-order valence-corrected chi connectivity index (χ0v) is 30.5. The summed E-state index contributed by atoms with van der Waals surface area (Å²) in [4.78, 5) is 103. The molecule has 56 heavy (non-hydrogen) atoms. The molecule has 3 unspecified atom stereocenters. The summed E-state index contributed by atoms with van der Waals surface area (Å²) >= 11 is 0. The van der Waals surface area contributed by atoms with E-state index in [1.807, 2.05) is 6.92 Å². The van der Waals surface area contributed by atoms with Gasteiger partial charge in [-0.05, 0) is 49.2 Å². The summed E-state index contributed by atoms with van der Waals surface area (Å²) in [5, 5.41) is 37.9. The van der Waals surface area contributed by atoms with Gasteiger partial charge in [0.1, 0.15) is 17.6 Å². The van der Waals surface area contributed by atoms with Crippen LogP contribution in [0.3, 0.4) is 0 Å². The van der Waals surface area contributed by atoms with Crippen LogP contribution in [0.15, 0.2) is 65.1 Å². The number of carboxylic acids is 3. The molecular weight excluding hydrogens is 738 g/mol. The van der Waals surface area contributed by atoms with Gasteiger partial charge in [-0.25, -0.2) is 14.4 Å². The largest absolute Gasteiger partial charge is 0.481 e. The third-order valence-corrected chi connectivity index (χ3v) is 8.16. The Morgan fingerprint density at radius 3 is 2.23 bits per heavy atom. The van der Waals surface area contributed by atoms with E-state index in [1.165, 1.54) is 30.3 Å². The number of aliphatic carboxylic acids is 3. The first kappa shape index (κ1) is 43.5. The molecule has 3 rings (SSSR count). The van der Waals surface area contributed by atoms with Gasteiger partial charge < -0.3 is 45.3 Å². The Hall–Kier alpha value is -6.92. The number of rotatable bonds is 23. The summed E-state index contributed by atoms with van der Waals surface area (Å²) < 4.78 is 10.9. The highest BCUT2D eigenvalue weighted by Gasteiger charge is 2.33. The van der Waals surface area contributed by atoms with Crippen molar-refractivity contribution in [2.45, 2.75) is 64.5 Å². The Labute approximate surface area is 320 Å². The predicted octanol–water partition coefficient (Wildman–Crippen LogP) is 3.47. The molecule has 0 saturated heterocycles. The third-order valence-electron chi connectivity index (χ3n) is 8.16. The molecule has 0 aliphatic rings. The lowest BCUT2D eigenvalue weighted by molar-refractivity contribution is -0.167. The highest BCUT2D eigenvalue weighted by atomic mass is 16.7. The van der Waals surface area contributed by atoms with E-state index in [4.69, 9.17) is 24.2 Å². The number of ether oxygens (including phenoxy) is 1. The van der Waals surface area contributed by atoms with Gasteiger partial charge in [0.2, 0.25) is 12.3 Å². The number of unbranched alkanes of at least 4 members (excludes halogenated alkanes) is 2. The van der Waals surface area contributed by atoms with E-state index in [0.29, 0.717) is 24.9 Å². The average molecular weight is 782 g/mol. The molecule has 0 bridgehead atoms. The van der Waals surface area contributed by atoms with E-state index in [9.17, 15) is 43.5 Å². The molecular formula is C37H43N5O14. The van der Waals surface area contributed by atoms with Crippen molar-refractivity contribution >= 4 is 53.8 Å².